The maximum Gasteiger partial charge on any atom is 0.417 e. The van der Waals surface area contributed by atoms with E-state index in [9.17, 15) is 13.2 Å². The first-order valence-corrected chi connectivity index (χ1v) is 6.02. The number of ether oxygens (including phenoxy) is 1. The Kier molecular flexibility index (Phi) is 4.15. The van der Waals surface area contributed by atoms with E-state index in [-0.39, 0.29) is 5.75 Å². The summed E-state index contributed by atoms with van der Waals surface area (Å²) in [7, 11) is 0. The van der Waals surface area contributed by atoms with Crippen molar-refractivity contribution in [1.82, 2.24) is 0 Å². The molecule has 0 spiro atoms. The normalized spacial score (nSPS) is 11.0. The van der Waals surface area contributed by atoms with Crippen LogP contribution in [0.2, 0.25) is 0 Å². The molecular formula is C15H11F3N2O. The molecular weight excluding hydrogens is 281 g/mol. The van der Waals surface area contributed by atoms with Crippen LogP contribution in [0, 0.1) is 11.3 Å². The fourth-order valence-corrected chi connectivity index (χ4v) is 1.76. The molecule has 0 bridgehead atoms. The molecule has 21 heavy (non-hydrogen) atoms. The quantitative estimate of drug-likeness (QED) is 0.935. The smallest absolute Gasteiger partial charge is 0.417 e. The fraction of sp³-hybridized carbons (Fsp3) is 0.133. The van der Waals surface area contributed by atoms with E-state index in [1.807, 2.05) is 0 Å². The molecule has 0 saturated carbocycles. The predicted molar refractivity (Wildman–Crippen MR) is 70.6 cm³/mol. The van der Waals surface area contributed by atoms with E-state index in [4.69, 9.17) is 15.7 Å². The monoisotopic (exact) mass is 292 g/mol. The van der Waals surface area contributed by atoms with Crippen molar-refractivity contribution >= 4 is 0 Å². The summed E-state index contributed by atoms with van der Waals surface area (Å²) in [5, 5.41) is 8.82. The molecule has 6 heteroatoms. The molecule has 0 aliphatic heterocycles. The Bertz CT molecular complexity index is 673. The average molecular weight is 292 g/mol. The molecule has 0 aliphatic carbocycles. The molecule has 0 aromatic heterocycles. The van der Waals surface area contributed by atoms with Crippen LogP contribution in [-0.2, 0) is 12.7 Å². The van der Waals surface area contributed by atoms with Crippen LogP contribution in [0.1, 0.15) is 16.7 Å². The zero-order valence-corrected chi connectivity index (χ0v) is 10.8. The average Bonchev–Trinajstić information content (AvgIpc) is 2.46. The van der Waals surface area contributed by atoms with Crippen molar-refractivity contribution in [2.24, 2.45) is 5.73 Å². The van der Waals surface area contributed by atoms with Crippen LogP contribution in [0.5, 0.6) is 11.5 Å². The summed E-state index contributed by atoms with van der Waals surface area (Å²) in [5.74, 6) is 0.621. The molecule has 2 aromatic carbocycles. The minimum atomic E-state index is -4.56. The molecule has 2 aromatic rings. The molecule has 0 unspecified atom stereocenters. The van der Waals surface area contributed by atoms with Crippen LogP contribution in [-0.4, -0.2) is 0 Å². The van der Waals surface area contributed by atoms with Crippen molar-refractivity contribution in [3.63, 3.8) is 0 Å². The van der Waals surface area contributed by atoms with Gasteiger partial charge >= 0.3 is 6.18 Å². The van der Waals surface area contributed by atoms with E-state index in [2.05, 4.69) is 0 Å². The molecule has 2 rings (SSSR count). The van der Waals surface area contributed by atoms with Gasteiger partial charge in [0.2, 0.25) is 0 Å². The number of hydrogen-bond acceptors (Lipinski definition) is 3. The highest BCUT2D eigenvalue weighted by atomic mass is 19.4. The summed E-state index contributed by atoms with van der Waals surface area (Å²) in [4.78, 5) is 0. The van der Waals surface area contributed by atoms with E-state index >= 15 is 0 Å². The van der Waals surface area contributed by atoms with Crippen molar-refractivity contribution in [3.8, 4) is 17.6 Å². The third-order valence-electron chi connectivity index (χ3n) is 2.81. The van der Waals surface area contributed by atoms with Crippen LogP contribution < -0.4 is 10.5 Å². The van der Waals surface area contributed by atoms with Crippen molar-refractivity contribution in [3.05, 3.63) is 59.2 Å². The third-order valence-corrected chi connectivity index (χ3v) is 2.81. The molecule has 0 amide bonds. The first-order valence-electron chi connectivity index (χ1n) is 6.02. The molecule has 0 heterocycles. The first kappa shape index (κ1) is 14.9. The van der Waals surface area contributed by atoms with Gasteiger partial charge in [0.25, 0.3) is 0 Å². The Morgan fingerprint density at radius 1 is 1.05 bits per heavy atom. The Balaban J connectivity index is 2.27. The second-order valence-electron chi connectivity index (χ2n) is 4.27. The van der Waals surface area contributed by atoms with Gasteiger partial charge in [-0.25, -0.2) is 0 Å². The topological polar surface area (TPSA) is 59.0 Å². The zero-order chi connectivity index (χ0) is 15.5. The largest absolute Gasteiger partial charge is 0.457 e. The lowest BCUT2D eigenvalue weighted by atomic mass is 10.1. The highest BCUT2D eigenvalue weighted by Gasteiger charge is 2.33. The summed E-state index contributed by atoms with van der Waals surface area (Å²) < 4.78 is 43.4. The molecule has 3 nitrogen and oxygen atoms in total. The number of nitrogens with two attached hydrogens (primary N) is 1. The van der Waals surface area contributed by atoms with Crippen LogP contribution >= 0.6 is 0 Å². The Hall–Kier alpha value is -2.52. The lowest BCUT2D eigenvalue weighted by molar-refractivity contribution is -0.137. The maximum atomic E-state index is 12.7. The van der Waals surface area contributed by atoms with Gasteiger partial charge in [-0.05, 0) is 35.9 Å². The van der Waals surface area contributed by atoms with E-state index < -0.39 is 17.3 Å². The Morgan fingerprint density at radius 3 is 2.19 bits per heavy atom. The van der Waals surface area contributed by atoms with Crippen molar-refractivity contribution in [2.75, 3.05) is 0 Å². The van der Waals surface area contributed by atoms with Gasteiger partial charge in [-0.3, -0.25) is 0 Å². The summed E-state index contributed by atoms with van der Waals surface area (Å²) in [6, 6.07) is 11.4. The van der Waals surface area contributed by atoms with E-state index in [0.717, 1.165) is 17.7 Å². The van der Waals surface area contributed by atoms with Crippen LogP contribution in [0.3, 0.4) is 0 Å². The van der Waals surface area contributed by atoms with Crippen LogP contribution in [0.4, 0.5) is 13.2 Å². The molecule has 0 atom stereocenters. The third kappa shape index (κ3) is 3.52. The lowest BCUT2D eigenvalue weighted by Crippen LogP contribution is -2.07. The number of nitrogens with zero attached hydrogens (tertiary/aromatic N) is 1. The van der Waals surface area contributed by atoms with Crippen molar-refractivity contribution in [2.45, 2.75) is 12.7 Å². The highest BCUT2D eigenvalue weighted by Crippen LogP contribution is 2.34. The summed E-state index contributed by atoms with van der Waals surface area (Å²) in [6.07, 6.45) is -4.56. The fourth-order valence-electron chi connectivity index (χ4n) is 1.76. The zero-order valence-electron chi connectivity index (χ0n) is 10.8. The molecule has 0 saturated heterocycles. The molecule has 0 radical (unpaired) electrons. The summed E-state index contributed by atoms with van der Waals surface area (Å²) in [5.41, 5.74) is 4.92. The van der Waals surface area contributed by atoms with Gasteiger partial charge in [-0.1, -0.05) is 12.1 Å². The van der Waals surface area contributed by atoms with E-state index in [0.29, 0.717) is 12.3 Å². The van der Waals surface area contributed by atoms with Gasteiger partial charge in [0.05, 0.1) is 17.2 Å². The van der Waals surface area contributed by atoms with Gasteiger partial charge in [-0.15, -0.1) is 0 Å². The van der Waals surface area contributed by atoms with Gasteiger partial charge in [0.15, 0.2) is 0 Å². The number of alkyl halides is 3. The van der Waals surface area contributed by atoms with Gasteiger partial charge in [-0.2, -0.15) is 18.4 Å². The Morgan fingerprint density at radius 2 is 1.67 bits per heavy atom. The number of nitriles is 1. The van der Waals surface area contributed by atoms with Crippen molar-refractivity contribution in [1.29, 1.82) is 5.26 Å². The molecule has 0 aliphatic rings. The van der Waals surface area contributed by atoms with Crippen molar-refractivity contribution < 1.29 is 17.9 Å². The molecule has 0 fully saturated rings. The highest BCUT2D eigenvalue weighted by molar-refractivity contribution is 5.46. The molecule has 2 N–H and O–H groups in total. The second kappa shape index (κ2) is 5.85. The Labute approximate surface area is 119 Å². The SMILES string of the molecule is N#Cc1cc(Oc2ccc(CN)cc2)ccc1C(F)(F)F. The first-order chi connectivity index (χ1) is 9.94. The second-order valence-corrected chi connectivity index (χ2v) is 4.27. The van der Waals surface area contributed by atoms with E-state index in [1.165, 1.54) is 12.1 Å². The number of hydrogen-bond donors (Lipinski definition) is 1. The number of rotatable bonds is 3. The van der Waals surface area contributed by atoms with Gasteiger partial charge in [0, 0.05) is 6.54 Å². The number of halogens is 3. The van der Waals surface area contributed by atoms with Crippen LogP contribution in [0.25, 0.3) is 0 Å². The summed E-state index contributed by atoms with van der Waals surface area (Å²) in [6.45, 7) is 0.388. The van der Waals surface area contributed by atoms with Crippen LogP contribution in [0.15, 0.2) is 42.5 Å². The number of benzene rings is 2. The minimum Gasteiger partial charge on any atom is -0.457 e. The van der Waals surface area contributed by atoms with Gasteiger partial charge in [0.1, 0.15) is 11.5 Å². The maximum absolute atomic E-state index is 12.7. The predicted octanol–water partition coefficient (Wildman–Crippen LogP) is 3.83. The van der Waals surface area contributed by atoms with Gasteiger partial charge < -0.3 is 10.5 Å². The standard InChI is InChI=1S/C15H11F3N2O/c16-15(17,18)14-6-5-13(7-11(14)9-20)21-12-3-1-10(8-19)2-4-12/h1-7H,8,19H2. The summed E-state index contributed by atoms with van der Waals surface area (Å²) >= 11 is 0. The van der Waals surface area contributed by atoms with E-state index in [1.54, 1.807) is 24.3 Å². The minimum absolute atomic E-state index is 0.167. The lowest BCUT2D eigenvalue weighted by Gasteiger charge is -2.11. The molecule has 108 valence electrons.